The molecule has 1 atom stereocenters. The van der Waals surface area contributed by atoms with E-state index in [-0.39, 0.29) is 19.6 Å². The second-order valence-corrected chi connectivity index (χ2v) is 9.14. The molecule has 0 aromatic heterocycles. The second-order valence-electron chi connectivity index (χ2n) is 8.23. The number of halogens is 1. The highest BCUT2D eigenvalue weighted by Crippen LogP contribution is 2.23. The lowest BCUT2D eigenvalue weighted by Crippen LogP contribution is -2.48. The summed E-state index contributed by atoms with van der Waals surface area (Å²) in [6.45, 7) is 3.71. The van der Waals surface area contributed by atoms with Gasteiger partial charge in [-0.05, 0) is 48.7 Å². The van der Waals surface area contributed by atoms with E-state index in [0.717, 1.165) is 21.2 Å². The van der Waals surface area contributed by atoms with Gasteiger partial charge in [-0.15, -0.1) is 6.42 Å². The van der Waals surface area contributed by atoms with E-state index in [4.69, 9.17) is 15.9 Å². The molecule has 0 bridgehead atoms. The van der Waals surface area contributed by atoms with Gasteiger partial charge in [0.25, 0.3) is 11.8 Å². The Labute approximate surface area is 225 Å². The average molecular weight is 562 g/mol. The minimum Gasteiger partial charge on any atom is -0.483 e. The van der Waals surface area contributed by atoms with Crippen LogP contribution in [0.3, 0.4) is 0 Å². The minimum atomic E-state index is -0.867. The predicted octanol–water partition coefficient (Wildman–Crippen LogP) is 4.33. The number of aryl methyl sites for hydroxylation is 2. The van der Waals surface area contributed by atoms with E-state index >= 15 is 0 Å². The Morgan fingerprint density at radius 3 is 2.49 bits per heavy atom. The quantitative estimate of drug-likeness (QED) is 0.207. The molecular formula is C29H28BrN3O4. The molecule has 3 aromatic rings. The number of hydrogen-bond acceptors (Lipinski definition) is 5. The largest absolute Gasteiger partial charge is 0.483 e. The fourth-order valence-corrected chi connectivity index (χ4v) is 3.95. The molecule has 7 nitrogen and oxygen atoms in total. The monoisotopic (exact) mass is 561 g/mol. The second kappa shape index (κ2) is 13.9. The summed E-state index contributed by atoms with van der Waals surface area (Å²) in [6, 6.07) is 19.7. The maximum absolute atomic E-state index is 13.0. The molecule has 2 N–H and O–H groups in total. The lowest BCUT2D eigenvalue weighted by molar-refractivity contribution is -0.130. The zero-order valence-electron chi connectivity index (χ0n) is 20.7. The molecule has 0 radical (unpaired) electrons. The molecule has 2 amide bonds. The zero-order chi connectivity index (χ0) is 26.6. The van der Waals surface area contributed by atoms with Gasteiger partial charge in [-0.2, -0.15) is 5.10 Å². The number of terminal acetylenes is 1. The summed E-state index contributed by atoms with van der Waals surface area (Å²) in [4.78, 5) is 25.8. The summed E-state index contributed by atoms with van der Waals surface area (Å²) in [6.07, 6.45) is 7.02. The number of rotatable bonds is 11. The SMILES string of the molecule is C#CCOc1ccc(Br)cc1/C=N\NC(=O)[C@H](Cc1ccccc1)NC(=O)COc1c(C)cccc1C. The Morgan fingerprint density at radius 1 is 1.05 bits per heavy atom. The van der Waals surface area contributed by atoms with Crippen molar-refractivity contribution in [2.75, 3.05) is 13.2 Å². The van der Waals surface area contributed by atoms with Crippen molar-refractivity contribution >= 4 is 34.0 Å². The molecule has 0 unspecified atom stereocenters. The Morgan fingerprint density at radius 2 is 1.78 bits per heavy atom. The van der Waals surface area contributed by atoms with Crippen molar-refractivity contribution in [1.29, 1.82) is 0 Å². The molecule has 3 rings (SSSR count). The summed E-state index contributed by atoms with van der Waals surface area (Å²) in [5, 5.41) is 6.85. The number of ether oxygens (including phenoxy) is 2. The fraction of sp³-hybridized carbons (Fsp3) is 0.207. The number of hydrazone groups is 1. The van der Waals surface area contributed by atoms with Gasteiger partial charge in [-0.25, -0.2) is 5.43 Å². The van der Waals surface area contributed by atoms with Gasteiger partial charge in [-0.1, -0.05) is 70.4 Å². The highest BCUT2D eigenvalue weighted by atomic mass is 79.9. The maximum atomic E-state index is 13.0. The van der Waals surface area contributed by atoms with E-state index < -0.39 is 17.9 Å². The number of hydrogen-bond donors (Lipinski definition) is 2. The molecule has 0 saturated carbocycles. The number of nitrogens with zero attached hydrogens (tertiary/aromatic N) is 1. The van der Waals surface area contributed by atoms with Gasteiger partial charge < -0.3 is 14.8 Å². The summed E-state index contributed by atoms with van der Waals surface area (Å²) in [5.74, 6) is 2.71. The lowest BCUT2D eigenvalue weighted by atomic mass is 10.1. The van der Waals surface area contributed by atoms with Crippen molar-refractivity contribution in [3.05, 3.63) is 93.5 Å². The smallest absolute Gasteiger partial charge is 0.262 e. The van der Waals surface area contributed by atoms with Crippen LogP contribution in [0, 0.1) is 26.2 Å². The van der Waals surface area contributed by atoms with Crippen molar-refractivity contribution in [1.82, 2.24) is 10.7 Å². The molecule has 190 valence electrons. The average Bonchev–Trinajstić information content (AvgIpc) is 2.88. The van der Waals surface area contributed by atoms with Crippen LogP contribution >= 0.6 is 15.9 Å². The van der Waals surface area contributed by atoms with Gasteiger partial charge in [0.1, 0.15) is 24.1 Å². The summed E-state index contributed by atoms with van der Waals surface area (Å²) >= 11 is 3.41. The van der Waals surface area contributed by atoms with Gasteiger partial charge in [0, 0.05) is 16.5 Å². The van der Waals surface area contributed by atoms with E-state index in [2.05, 4.69) is 37.7 Å². The van der Waals surface area contributed by atoms with Crippen LogP contribution in [0.25, 0.3) is 0 Å². The molecule has 0 aliphatic heterocycles. The number of nitrogens with one attached hydrogen (secondary N) is 2. The molecule has 0 saturated heterocycles. The third-order valence-electron chi connectivity index (χ3n) is 5.35. The van der Waals surface area contributed by atoms with Crippen LogP contribution in [0.2, 0.25) is 0 Å². The third-order valence-corrected chi connectivity index (χ3v) is 5.85. The first kappa shape index (κ1) is 27.5. The Hall–Kier alpha value is -4.09. The standard InChI is InChI=1S/C29H28BrN3O4/c1-4-15-36-26-14-13-24(30)17-23(26)18-31-33-29(35)25(16-22-11-6-5-7-12-22)32-27(34)19-37-28-20(2)9-8-10-21(28)3/h1,5-14,17-18,25H,15-16,19H2,2-3H3,(H,32,34)(H,33,35)/b31-18-/t25-/m0/s1. The topological polar surface area (TPSA) is 89.0 Å². The number of amides is 2. The molecule has 8 heteroatoms. The summed E-state index contributed by atoms with van der Waals surface area (Å²) in [7, 11) is 0. The molecule has 3 aromatic carbocycles. The fourth-order valence-electron chi connectivity index (χ4n) is 3.57. The van der Waals surface area contributed by atoms with Crippen LogP contribution in [-0.2, 0) is 16.0 Å². The molecule has 0 heterocycles. The first-order valence-electron chi connectivity index (χ1n) is 11.6. The van der Waals surface area contributed by atoms with Crippen LogP contribution < -0.4 is 20.2 Å². The van der Waals surface area contributed by atoms with E-state index in [1.165, 1.54) is 6.21 Å². The Bertz CT molecular complexity index is 1280. The number of para-hydroxylation sites is 1. The third kappa shape index (κ3) is 8.51. The molecule has 0 fully saturated rings. The summed E-state index contributed by atoms with van der Waals surface area (Å²) in [5.41, 5.74) is 5.88. The van der Waals surface area contributed by atoms with E-state index in [0.29, 0.717) is 17.1 Å². The molecule has 37 heavy (non-hydrogen) atoms. The predicted molar refractivity (Wildman–Crippen MR) is 148 cm³/mol. The van der Waals surface area contributed by atoms with Crippen molar-refractivity contribution < 1.29 is 19.1 Å². The normalized spacial score (nSPS) is 11.4. The lowest BCUT2D eigenvalue weighted by Gasteiger charge is -2.18. The van der Waals surface area contributed by atoms with Crippen molar-refractivity contribution in [2.24, 2.45) is 5.10 Å². The van der Waals surface area contributed by atoms with Crippen LogP contribution in [0.15, 0.2) is 76.3 Å². The minimum absolute atomic E-state index is 0.101. The summed E-state index contributed by atoms with van der Waals surface area (Å²) < 4.78 is 12.1. The molecular weight excluding hydrogens is 534 g/mol. The van der Waals surface area contributed by atoms with Gasteiger partial charge in [0.2, 0.25) is 0 Å². The maximum Gasteiger partial charge on any atom is 0.262 e. The van der Waals surface area contributed by atoms with Crippen LogP contribution in [0.5, 0.6) is 11.5 Å². The van der Waals surface area contributed by atoms with Crippen molar-refractivity contribution in [2.45, 2.75) is 26.3 Å². The number of benzene rings is 3. The van der Waals surface area contributed by atoms with Crippen molar-refractivity contribution in [3.63, 3.8) is 0 Å². The van der Waals surface area contributed by atoms with Crippen LogP contribution in [0.1, 0.15) is 22.3 Å². The molecule has 0 spiro atoms. The van der Waals surface area contributed by atoms with Gasteiger partial charge in [-0.3, -0.25) is 9.59 Å². The first-order chi connectivity index (χ1) is 17.9. The highest BCUT2D eigenvalue weighted by Gasteiger charge is 2.22. The van der Waals surface area contributed by atoms with Crippen LogP contribution in [-0.4, -0.2) is 37.3 Å². The number of carbonyl (C=O) groups is 2. The zero-order valence-corrected chi connectivity index (χ0v) is 22.2. The van der Waals surface area contributed by atoms with E-state index in [9.17, 15) is 9.59 Å². The Balaban J connectivity index is 1.69. The first-order valence-corrected chi connectivity index (χ1v) is 12.4. The van der Waals surface area contributed by atoms with Gasteiger partial charge >= 0.3 is 0 Å². The van der Waals surface area contributed by atoms with Crippen LogP contribution in [0.4, 0.5) is 0 Å². The van der Waals surface area contributed by atoms with E-state index in [1.807, 2.05) is 68.4 Å². The van der Waals surface area contributed by atoms with Crippen molar-refractivity contribution in [3.8, 4) is 23.8 Å². The molecule has 0 aliphatic rings. The number of carbonyl (C=O) groups excluding carboxylic acids is 2. The van der Waals surface area contributed by atoms with Gasteiger partial charge in [0.15, 0.2) is 6.61 Å². The highest BCUT2D eigenvalue weighted by molar-refractivity contribution is 9.10. The Kier molecular flexibility index (Phi) is 10.3. The van der Waals surface area contributed by atoms with E-state index in [1.54, 1.807) is 12.1 Å². The molecule has 0 aliphatic carbocycles. The van der Waals surface area contributed by atoms with Gasteiger partial charge in [0.05, 0.1) is 6.21 Å².